The van der Waals surface area contributed by atoms with Crippen LogP contribution in [0, 0.1) is 19.7 Å². The lowest BCUT2D eigenvalue weighted by molar-refractivity contribution is 0.0525. The van der Waals surface area contributed by atoms with Crippen LogP contribution >= 0.6 is 0 Å². The quantitative estimate of drug-likeness (QED) is 0.781. The molecule has 29 heavy (non-hydrogen) atoms. The van der Waals surface area contributed by atoms with E-state index in [1.165, 1.54) is 12.1 Å². The number of nitrogens with one attached hydrogen (secondary N) is 1. The van der Waals surface area contributed by atoms with E-state index in [1.54, 1.807) is 32.9 Å². The van der Waals surface area contributed by atoms with Gasteiger partial charge in [-0.2, -0.15) is 0 Å². The molecular weight excluding hydrogens is 373 g/mol. The Kier molecular flexibility index (Phi) is 6.69. The summed E-state index contributed by atoms with van der Waals surface area (Å²) >= 11 is 0. The minimum absolute atomic E-state index is 0.0928. The number of ether oxygens (including phenoxy) is 1. The maximum atomic E-state index is 13.1. The molecule has 156 valence electrons. The average molecular weight is 401 g/mol. The van der Waals surface area contributed by atoms with Crippen LogP contribution in [0.1, 0.15) is 51.0 Å². The SMILES string of the molecule is CCOC(=O)c1c(C)[nH]c(C(=O)N2CCCN(Cc3ccc(F)cc3)CC2)c1C. The van der Waals surface area contributed by atoms with Gasteiger partial charge in [0.25, 0.3) is 5.91 Å². The summed E-state index contributed by atoms with van der Waals surface area (Å²) in [5.74, 6) is -0.732. The zero-order valence-electron chi connectivity index (χ0n) is 17.3. The number of hydrogen-bond acceptors (Lipinski definition) is 4. The first kappa shape index (κ1) is 21.0. The molecule has 1 aliphatic heterocycles. The van der Waals surface area contributed by atoms with Gasteiger partial charge in [-0.05, 0) is 50.5 Å². The normalized spacial score (nSPS) is 15.2. The van der Waals surface area contributed by atoms with Crippen molar-refractivity contribution in [3.63, 3.8) is 0 Å². The Morgan fingerprint density at radius 3 is 2.52 bits per heavy atom. The van der Waals surface area contributed by atoms with Gasteiger partial charge in [-0.25, -0.2) is 9.18 Å². The second-order valence-corrected chi connectivity index (χ2v) is 7.39. The molecule has 0 atom stereocenters. The molecule has 1 aromatic heterocycles. The fourth-order valence-electron chi connectivity index (χ4n) is 3.81. The number of nitrogens with zero attached hydrogens (tertiary/aromatic N) is 2. The summed E-state index contributed by atoms with van der Waals surface area (Å²) in [4.78, 5) is 32.5. The molecule has 7 heteroatoms. The number of H-pyrrole nitrogens is 1. The van der Waals surface area contributed by atoms with Crippen molar-refractivity contribution in [3.05, 3.63) is 58.2 Å². The van der Waals surface area contributed by atoms with Crippen LogP contribution in [0.25, 0.3) is 0 Å². The molecule has 3 rings (SSSR count). The summed E-state index contributed by atoms with van der Waals surface area (Å²) in [6.45, 7) is 9.22. The number of aromatic nitrogens is 1. The molecule has 2 heterocycles. The summed E-state index contributed by atoms with van der Waals surface area (Å²) in [7, 11) is 0. The highest BCUT2D eigenvalue weighted by atomic mass is 19.1. The molecule has 0 radical (unpaired) electrons. The molecule has 0 unspecified atom stereocenters. The highest BCUT2D eigenvalue weighted by molar-refractivity contribution is 6.00. The van der Waals surface area contributed by atoms with Crippen molar-refractivity contribution in [3.8, 4) is 0 Å². The van der Waals surface area contributed by atoms with E-state index in [0.29, 0.717) is 42.2 Å². The van der Waals surface area contributed by atoms with Gasteiger partial charge in [-0.3, -0.25) is 9.69 Å². The van der Waals surface area contributed by atoms with Crippen LogP contribution in [0.4, 0.5) is 4.39 Å². The van der Waals surface area contributed by atoms with Crippen molar-refractivity contribution in [2.45, 2.75) is 33.7 Å². The third-order valence-electron chi connectivity index (χ3n) is 5.33. The topological polar surface area (TPSA) is 65.6 Å². The van der Waals surface area contributed by atoms with E-state index >= 15 is 0 Å². The second-order valence-electron chi connectivity index (χ2n) is 7.39. The Morgan fingerprint density at radius 2 is 1.83 bits per heavy atom. The smallest absolute Gasteiger partial charge is 0.340 e. The lowest BCUT2D eigenvalue weighted by Gasteiger charge is -2.22. The van der Waals surface area contributed by atoms with Crippen molar-refractivity contribution in [1.29, 1.82) is 0 Å². The van der Waals surface area contributed by atoms with Gasteiger partial charge in [0.05, 0.1) is 12.2 Å². The van der Waals surface area contributed by atoms with Gasteiger partial charge in [0.2, 0.25) is 0 Å². The molecule has 0 saturated carbocycles. The van der Waals surface area contributed by atoms with Crippen LogP contribution in [0.2, 0.25) is 0 Å². The summed E-state index contributed by atoms with van der Waals surface area (Å²) in [6.07, 6.45) is 0.858. The number of esters is 1. The maximum Gasteiger partial charge on any atom is 0.340 e. The molecule has 0 aliphatic carbocycles. The first-order chi connectivity index (χ1) is 13.9. The Labute approximate surface area is 170 Å². The van der Waals surface area contributed by atoms with Gasteiger partial charge in [-0.1, -0.05) is 12.1 Å². The molecule has 1 amide bonds. The number of benzene rings is 1. The summed E-state index contributed by atoms with van der Waals surface area (Å²) in [5, 5.41) is 0. The van der Waals surface area contributed by atoms with E-state index in [2.05, 4.69) is 9.88 Å². The number of carbonyl (C=O) groups excluding carboxylic acids is 2. The van der Waals surface area contributed by atoms with Gasteiger partial charge < -0.3 is 14.6 Å². The largest absolute Gasteiger partial charge is 0.462 e. The minimum atomic E-state index is -0.404. The predicted molar refractivity (Wildman–Crippen MR) is 108 cm³/mol. The van der Waals surface area contributed by atoms with Gasteiger partial charge >= 0.3 is 5.97 Å². The fraction of sp³-hybridized carbons (Fsp3) is 0.455. The van der Waals surface area contributed by atoms with Gasteiger partial charge in [0.1, 0.15) is 11.5 Å². The van der Waals surface area contributed by atoms with Crippen molar-refractivity contribution in [2.24, 2.45) is 0 Å². The molecule has 6 nitrogen and oxygen atoms in total. The minimum Gasteiger partial charge on any atom is -0.462 e. The highest BCUT2D eigenvalue weighted by Crippen LogP contribution is 2.21. The molecular formula is C22H28FN3O3. The monoisotopic (exact) mass is 401 g/mol. The predicted octanol–water partition coefficient (Wildman–Crippen LogP) is 3.30. The zero-order valence-corrected chi connectivity index (χ0v) is 17.3. The van der Waals surface area contributed by atoms with Crippen molar-refractivity contribution in [2.75, 3.05) is 32.8 Å². The van der Waals surface area contributed by atoms with E-state index in [0.717, 1.165) is 31.6 Å². The van der Waals surface area contributed by atoms with Crippen LogP contribution in [0.15, 0.2) is 24.3 Å². The van der Waals surface area contributed by atoms with E-state index in [4.69, 9.17) is 4.74 Å². The van der Waals surface area contributed by atoms with Crippen LogP contribution in [-0.2, 0) is 11.3 Å². The van der Waals surface area contributed by atoms with E-state index in [9.17, 15) is 14.0 Å². The number of aromatic amines is 1. The number of aryl methyl sites for hydroxylation is 1. The molecule has 0 bridgehead atoms. The third kappa shape index (κ3) is 4.85. The summed E-state index contributed by atoms with van der Waals surface area (Å²) in [6, 6.07) is 6.54. The number of hydrogen-bond donors (Lipinski definition) is 1. The molecule has 2 aromatic rings. The molecule has 1 aliphatic rings. The lowest BCUT2D eigenvalue weighted by atomic mass is 10.1. The fourth-order valence-corrected chi connectivity index (χ4v) is 3.81. The molecule has 1 aromatic carbocycles. The second kappa shape index (κ2) is 9.22. The standard InChI is InChI=1S/C22H28FN3O3/c1-4-29-22(28)19-15(2)20(24-16(19)3)21(27)26-11-5-10-25(12-13-26)14-17-6-8-18(23)9-7-17/h6-9,24H,4-5,10-14H2,1-3H3. The number of amides is 1. The van der Waals surface area contributed by atoms with E-state index in [1.807, 2.05) is 4.90 Å². The van der Waals surface area contributed by atoms with Gasteiger partial charge in [0, 0.05) is 38.4 Å². The summed E-state index contributed by atoms with van der Waals surface area (Å²) < 4.78 is 18.2. The van der Waals surface area contributed by atoms with Crippen LogP contribution in [-0.4, -0.2) is 59.4 Å². The zero-order chi connectivity index (χ0) is 21.0. The molecule has 0 spiro atoms. The van der Waals surface area contributed by atoms with Crippen molar-refractivity contribution in [1.82, 2.24) is 14.8 Å². The van der Waals surface area contributed by atoms with Crippen molar-refractivity contribution >= 4 is 11.9 Å². The Bertz CT molecular complexity index is 876. The highest BCUT2D eigenvalue weighted by Gasteiger charge is 2.27. The Balaban J connectivity index is 1.67. The number of carbonyl (C=O) groups is 2. The van der Waals surface area contributed by atoms with E-state index < -0.39 is 5.97 Å². The first-order valence-corrected chi connectivity index (χ1v) is 10.0. The first-order valence-electron chi connectivity index (χ1n) is 10.0. The average Bonchev–Trinajstić information content (AvgIpc) is 2.84. The van der Waals surface area contributed by atoms with Crippen LogP contribution in [0.5, 0.6) is 0 Å². The third-order valence-corrected chi connectivity index (χ3v) is 5.33. The lowest BCUT2D eigenvalue weighted by Crippen LogP contribution is -2.35. The molecule has 1 N–H and O–H groups in total. The Morgan fingerprint density at radius 1 is 1.10 bits per heavy atom. The van der Waals surface area contributed by atoms with Crippen molar-refractivity contribution < 1.29 is 18.7 Å². The van der Waals surface area contributed by atoms with Crippen LogP contribution in [0.3, 0.4) is 0 Å². The van der Waals surface area contributed by atoms with Gasteiger partial charge in [-0.15, -0.1) is 0 Å². The molecule has 1 fully saturated rings. The number of halogens is 1. The van der Waals surface area contributed by atoms with Gasteiger partial charge in [0.15, 0.2) is 0 Å². The maximum absolute atomic E-state index is 13.1. The summed E-state index contributed by atoms with van der Waals surface area (Å²) in [5.41, 5.74) is 3.25. The van der Waals surface area contributed by atoms with Crippen LogP contribution < -0.4 is 0 Å². The number of rotatable bonds is 5. The van der Waals surface area contributed by atoms with E-state index in [-0.39, 0.29) is 11.7 Å². The molecule has 1 saturated heterocycles. The Hall–Kier alpha value is -2.67.